The molecular formula is C27H45O5. The van der Waals surface area contributed by atoms with Crippen molar-refractivity contribution in [2.75, 3.05) is 20.8 Å². The quantitative estimate of drug-likeness (QED) is 0.109. The molecule has 0 bridgehead atoms. The molecule has 1 radical (unpaired) electrons. The Balaban J connectivity index is 1.91. The van der Waals surface area contributed by atoms with Crippen molar-refractivity contribution in [1.82, 2.24) is 0 Å². The summed E-state index contributed by atoms with van der Waals surface area (Å²) in [5.41, 5.74) is 0.289. The molecule has 5 heteroatoms. The highest BCUT2D eigenvalue weighted by atomic mass is 17.2. The number of para-hydroxylation sites is 1. The van der Waals surface area contributed by atoms with Crippen LogP contribution >= 0.6 is 0 Å². The van der Waals surface area contributed by atoms with Gasteiger partial charge in [-0.2, -0.15) is 4.89 Å². The van der Waals surface area contributed by atoms with E-state index in [1.807, 2.05) is 0 Å². The Morgan fingerprint density at radius 2 is 1.22 bits per heavy atom. The van der Waals surface area contributed by atoms with Crippen molar-refractivity contribution in [3.63, 3.8) is 0 Å². The number of carbonyl (C=O) groups excluding carboxylic acids is 1. The van der Waals surface area contributed by atoms with Crippen LogP contribution in [0.5, 0.6) is 11.5 Å². The number of carbonyl (C=O) groups is 1. The minimum Gasteiger partial charge on any atom is -0.493 e. The average Bonchev–Trinajstić information content (AvgIpc) is 2.82. The number of methoxy groups -OCH3 is 2. The molecule has 0 aliphatic carbocycles. The SMILES string of the molecule is [CH2]CCCCCCCCCCCCCCCCCOOC(=O)c1cccc(OC)c1OC. The highest BCUT2D eigenvalue weighted by Gasteiger charge is 2.18. The van der Waals surface area contributed by atoms with Crippen LogP contribution in [0.2, 0.25) is 0 Å². The number of rotatable bonds is 21. The molecule has 1 aromatic rings. The Labute approximate surface area is 196 Å². The molecule has 0 amide bonds. The Bertz CT molecular complexity index is 587. The maximum atomic E-state index is 12.2. The summed E-state index contributed by atoms with van der Waals surface area (Å²) in [6, 6.07) is 5.07. The smallest absolute Gasteiger partial charge is 0.376 e. The lowest BCUT2D eigenvalue weighted by atomic mass is 10.0. The van der Waals surface area contributed by atoms with Gasteiger partial charge in [-0.25, -0.2) is 4.79 Å². The summed E-state index contributed by atoms with van der Waals surface area (Å²) in [6.07, 6.45) is 20.6. The normalized spacial score (nSPS) is 10.8. The molecule has 0 unspecified atom stereocenters. The maximum absolute atomic E-state index is 12.2. The van der Waals surface area contributed by atoms with Gasteiger partial charge < -0.3 is 9.47 Å². The van der Waals surface area contributed by atoms with E-state index in [9.17, 15) is 4.79 Å². The zero-order valence-corrected chi connectivity index (χ0v) is 20.5. The summed E-state index contributed by atoms with van der Waals surface area (Å²) in [4.78, 5) is 22.2. The van der Waals surface area contributed by atoms with Gasteiger partial charge in [0.2, 0.25) is 0 Å². The van der Waals surface area contributed by atoms with E-state index in [1.165, 1.54) is 97.7 Å². The topological polar surface area (TPSA) is 54.0 Å². The van der Waals surface area contributed by atoms with Crippen LogP contribution in [0, 0.1) is 6.92 Å². The van der Waals surface area contributed by atoms with Crippen molar-refractivity contribution in [2.45, 2.75) is 103 Å². The first-order valence-electron chi connectivity index (χ1n) is 12.6. The van der Waals surface area contributed by atoms with E-state index >= 15 is 0 Å². The number of unbranched alkanes of at least 4 members (excludes halogenated alkanes) is 15. The van der Waals surface area contributed by atoms with Gasteiger partial charge >= 0.3 is 5.97 Å². The van der Waals surface area contributed by atoms with Gasteiger partial charge in [0.25, 0.3) is 0 Å². The Morgan fingerprint density at radius 1 is 0.719 bits per heavy atom. The monoisotopic (exact) mass is 449 g/mol. The maximum Gasteiger partial charge on any atom is 0.376 e. The van der Waals surface area contributed by atoms with Crippen molar-refractivity contribution < 1.29 is 24.0 Å². The molecule has 1 aromatic carbocycles. The molecule has 0 aliphatic heterocycles. The molecule has 5 nitrogen and oxygen atoms in total. The van der Waals surface area contributed by atoms with Gasteiger partial charge in [0.15, 0.2) is 11.5 Å². The molecule has 0 saturated carbocycles. The molecule has 32 heavy (non-hydrogen) atoms. The second kappa shape index (κ2) is 19.9. The van der Waals surface area contributed by atoms with Gasteiger partial charge in [-0.3, -0.25) is 4.89 Å². The van der Waals surface area contributed by atoms with Gasteiger partial charge in [-0.1, -0.05) is 109 Å². The third-order valence-corrected chi connectivity index (χ3v) is 5.74. The van der Waals surface area contributed by atoms with E-state index in [2.05, 4.69) is 6.92 Å². The molecule has 183 valence electrons. The zero-order valence-electron chi connectivity index (χ0n) is 20.5. The third kappa shape index (κ3) is 12.9. The predicted molar refractivity (Wildman–Crippen MR) is 130 cm³/mol. The molecule has 0 saturated heterocycles. The predicted octanol–water partition coefficient (Wildman–Crippen LogP) is 7.87. The van der Waals surface area contributed by atoms with E-state index in [0.717, 1.165) is 19.3 Å². The molecule has 0 aromatic heterocycles. The lowest BCUT2D eigenvalue weighted by Crippen LogP contribution is -2.09. The fraction of sp³-hybridized carbons (Fsp3) is 0.704. The van der Waals surface area contributed by atoms with Crippen LogP contribution in [-0.2, 0) is 9.78 Å². The van der Waals surface area contributed by atoms with Crippen molar-refractivity contribution >= 4 is 5.97 Å². The van der Waals surface area contributed by atoms with E-state index in [0.29, 0.717) is 18.1 Å². The molecular weight excluding hydrogens is 404 g/mol. The molecule has 0 aliphatic rings. The van der Waals surface area contributed by atoms with Gasteiger partial charge in [-0.05, 0) is 18.6 Å². The third-order valence-electron chi connectivity index (χ3n) is 5.74. The largest absolute Gasteiger partial charge is 0.493 e. The molecule has 0 atom stereocenters. The first-order valence-corrected chi connectivity index (χ1v) is 12.6. The Morgan fingerprint density at radius 3 is 1.69 bits per heavy atom. The van der Waals surface area contributed by atoms with Crippen LogP contribution < -0.4 is 9.47 Å². The number of hydrogen-bond donors (Lipinski definition) is 0. The van der Waals surface area contributed by atoms with Crippen LogP contribution in [0.15, 0.2) is 18.2 Å². The summed E-state index contributed by atoms with van der Waals surface area (Å²) in [5.74, 6) is 0.261. The lowest BCUT2D eigenvalue weighted by Gasteiger charge is -2.11. The van der Waals surface area contributed by atoms with Crippen molar-refractivity contribution in [1.29, 1.82) is 0 Å². The minimum absolute atomic E-state index is 0.289. The second-order valence-electron chi connectivity index (χ2n) is 8.39. The number of ether oxygens (including phenoxy) is 2. The highest BCUT2D eigenvalue weighted by molar-refractivity contribution is 5.93. The highest BCUT2D eigenvalue weighted by Crippen LogP contribution is 2.31. The molecule has 0 spiro atoms. The van der Waals surface area contributed by atoms with Crippen molar-refractivity contribution in [3.8, 4) is 11.5 Å². The van der Waals surface area contributed by atoms with Gasteiger partial charge in [0, 0.05) is 0 Å². The van der Waals surface area contributed by atoms with E-state index < -0.39 is 5.97 Å². The van der Waals surface area contributed by atoms with Crippen LogP contribution in [0.4, 0.5) is 0 Å². The van der Waals surface area contributed by atoms with E-state index in [4.69, 9.17) is 19.2 Å². The Hall–Kier alpha value is -1.75. The zero-order chi connectivity index (χ0) is 23.3. The van der Waals surface area contributed by atoms with E-state index in [-0.39, 0.29) is 5.56 Å². The standard InChI is InChI=1S/C27H45O5/c1-4-5-6-7-8-9-10-11-12-13-14-15-16-17-18-19-23-31-32-27(28)24-21-20-22-25(29-2)26(24)30-3/h20-22H,1,4-19,23H2,2-3H3. The Kier molecular flexibility index (Phi) is 17.6. The number of hydrogen-bond acceptors (Lipinski definition) is 5. The van der Waals surface area contributed by atoms with Crippen LogP contribution in [0.3, 0.4) is 0 Å². The van der Waals surface area contributed by atoms with Crippen molar-refractivity contribution in [2.24, 2.45) is 0 Å². The van der Waals surface area contributed by atoms with Gasteiger partial charge in [0.05, 0.1) is 20.8 Å². The summed E-state index contributed by atoms with van der Waals surface area (Å²) < 4.78 is 10.4. The number of benzene rings is 1. The summed E-state index contributed by atoms with van der Waals surface area (Å²) >= 11 is 0. The van der Waals surface area contributed by atoms with Gasteiger partial charge in [0.1, 0.15) is 5.56 Å². The first-order chi connectivity index (χ1) is 15.7. The molecule has 0 heterocycles. The summed E-state index contributed by atoms with van der Waals surface area (Å²) in [5, 5.41) is 0. The summed E-state index contributed by atoms with van der Waals surface area (Å²) in [6.45, 7) is 4.30. The minimum atomic E-state index is -0.574. The fourth-order valence-corrected chi connectivity index (χ4v) is 3.82. The fourth-order valence-electron chi connectivity index (χ4n) is 3.82. The van der Waals surface area contributed by atoms with Crippen LogP contribution in [-0.4, -0.2) is 26.8 Å². The van der Waals surface area contributed by atoms with Crippen LogP contribution in [0.25, 0.3) is 0 Å². The molecule has 1 rings (SSSR count). The second-order valence-corrected chi connectivity index (χ2v) is 8.39. The van der Waals surface area contributed by atoms with Crippen molar-refractivity contribution in [3.05, 3.63) is 30.7 Å². The first kappa shape index (κ1) is 28.3. The average molecular weight is 450 g/mol. The van der Waals surface area contributed by atoms with Crippen LogP contribution in [0.1, 0.15) is 113 Å². The van der Waals surface area contributed by atoms with E-state index in [1.54, 1.807) is 18.2 Å². The molecule has 0 N–H and O–H groups in total. The molecule has 0 fully saturated rings. The lowest BCUT2D eigenvalue weighted by molar-refractivity contribution is -0.241. The van der Waals surface area contributed by atoms with Gasteiger partial charge in [-0.15, -0.1) is 0 Å². The summed E-state index contributed by atoms with van der Waals surface area (Å²) in [7, 11) is 3.02.